The van der Waals surface area contributed by atoms with E-state index < -0.39 is 0 Å². The van der Waals surface area contributed by atoms with Crippen molar-refractivity contribution in [2.24, 2.45) is 0 Å². The summed E-state index contributed by atoms with van der Waals surface area (Å²) in [4.78, 5) is 14.8. The Hall–Kier alpha value is -2.00. The molecule has 2 aromatic rings. The van der Waals surface area contributed by atoms with Gasteiger partial charge in [0.2, 0.25) is 5.91 Å². The van der Waals surface area contributed by atoms with Gasteiger partial charge in [0, 0.05) is 18.9 Å². The molecule has 4 rings (SSSR count). The number of halogens is 1. The van der Waals surface area contributed by atoms with Gasteiger partial charge >= 0.3 is 0 Å². The summed E-state index contributed by atoms with van der Waals surface area (Å²) in [6.45, 7) is 0.865. The van der Waals surface area contributed by atoms with E-state index in [2.05, 4.69) is 29.2 Å². The molecule has 0 aromatic heterocycles. The predicted octanol–water partition coefficient (Wildman–Crippen LogP) is 4.35. The van der Waals surface area contributed by atoms with E-state index in [1.165, 1.54) is 11.1 Å². The number of likely N-dealkylation sites (tertiary alicyclic amines) is 1. The summed E-state index contributed by atoms with van der Waals surface area (Å²) in [6.07, 6.45) is 2.31. The number of carbonyl (C=O) groups excluding carboxylic acids is 1. The highest BCUT2D eigenvalue weighted by Crippen LogP contribution is 2.50. The molecule has 3 nitrogen and oxygen atoms in total. The number of ether oxygens (including phenoxy) is 1. The van der Waals surface area contributed by atoms with Crippen LogP contribution in [-0.4, -0.2) is 24.5 Å². The summed E-state index contributed by atoms with van der Waals surface area (Å²) in [7, 11) is 1.60. The molecular formula is C20H20ClNO2. The van der Waals surface area contributed by atoms with Gasteiger partial charge in [-0.05, 0) is 41.7 Å². The second-order valence-corrected chi connectivity index (χ2v) is 7.00. The largest absolute Gasteiger partial charge is 0.495 e. The molecule has 1 amide bonds. The number of aryl methyl sites for hydroxylation is 1. The SMILES string of the molecule is COc1ccc(CCC(=O)N2CC3CC2c2ccccc23)cc1Cl. The number of benzene rings is 2. The highest BCUT2D eigenvalue weighted by atomic mass is 35.5. The molecule has 2 bridgehead atoms. The van der Waals surface area contributed by atoms with Gasteiger partial charge in [-0.2, -0.15) is 0 Å². The summed E-state index contributed by atoms with van der Waals surface area (Å²) < 4.78 is 5.17. The molecule has 2 unspecified atom stereocenters. The molecular weight excluding hydrogens is 322 g/mol. The monoisotopic (exact) mass is 341 g/mol. The van der Waals surface area contributed by atoms with Crippen molar-refractivity contribution in [2.45, 2.75) is 31.2 Å². The van der Waals surface area contributed by atoms with Gasteiger partial charge < -0.3 is 9.64 Å². The molecule has 1 aliphatic carbocycles. The first-order chi connectivity index (χ1) is 11.7. The van der Waals surface area contributed by atoms with Crippen molar-refractivity contribution < 1.29 is 9.53 Å². The van der Waals surface area contributed by atoms with Gasteiger partial charge in [0.1, 0.15) is 5.75 Å². The number of amides is 1. The molecule has 1 heterocycles. The minimum Gasteiger partial charge on any atom is -0.495 e. The number of nitrogens with zero attached hydrogens (tertiary/aromatic N) is 1. The average molecular weight is 342 g/mol. The Balaban J connectivity index is 1.42. The first kappa shape index (κ1) is 15.5. The smallest absolute Gasteiger partial charge is 0.223 e. The molecule has 1 fully saturated rings. The number of hydrogen-bond acceptors (Lipinski definition) is 2. The number of carbonyl (C=O) groups is 1. The Morgan fingerprint density at radius 1 is 1.25 bits per heavy atom. The van der Waals surface area contributed by atoms with Crippen LogP contribution in [-0.2, 0) is 11.2 Å². The van der Waals surface area contributed by atoms with E-state index >= 15 is 0 Å². The summed E-state index contributed by atoms with van der Waals surface area (Å²) in [5.41, 5.74) is 3.85. The molecule has 2 atom stereocenters. The number of rotatable bonds is 4. The third kappa shape index (κ3) is 2.57. The first-order valence-corrected chi connectivity index (χ1v) is 8.76. The lowest BCUT2D eigenvalue weighted by Crippen LogP contribution is -2.33. The van der Waals surface area contributed by atoms with Crippen molar-refractivity contribution in [1.82, 2.24) is 4.90 Å². The second kappa shape index (κ2) is 6.14. The van der Waals surface area contributed by atoms with E-state index in [4.69, 9.17) is 16.3 Å². The number of hydrogen-bond donors (Lipinski definition) is 0. The predicted molar refractivity (Wildman–Crippen MR) is 94.6 cm³/mol. The molecule has 1 aliphatic heterocycles. The van der Waals surface area contributed by atoms with Crippen LogP contribution in [0.3, 0.4) is 0 Å². The van der Waals surface area contributed by atoms with Crippen LogP contribution < -0.4 is 4.74 Å². The van der Waals surface area contributed by atoms with Gasteiger partial charge in [-0.3, -0.25) is 4.79 Å². The van der Waals surface area contributed by atoms with E-state index in [9.17, 15) is 4.79 Å². The quantitative estimate of drug-likeness (QED) is 0.827. The average Bonchev–Trinajstić information content (AvgIpc) is 3.19. The molecule has 24 heavy (non-hydrogen) atoms. The molecule has 1 saturated heterocycles. The fourth-order valence-electron chi connectivity index (χ4n) is 4.08. The van der Waals surface area contributed by atoms with Crippen molar-refractivity contribution in [1.29, 1.82) is 0 Å². The van der Waals surface area contributed by atoms with Crippen LogP contribution in [0, 0.1) is 0 Å². The van der Waals surface area contributed by atoms with E-state index in [1.807, 2.05) is 18.2 Å². The maximum Gasteiger partial charge on any atom is 0.223 e. The molecule has 0 spiro atoms. The van der Waals surface area contributed by atoms with Crippen molar-refractivity contribution in [3.63, 3.8) is 0 Å². The van der Waals surface area contributed by atoms with Crippen molar-refractivity contribution in [2.75, 3.05) is 13.7 Å². The maximum atomic E-state index is 12.7. The highest BCUT2D eigenvalue weighted by molar-refractivity contribution is 6.32. The Bertz CT molecular complexity index is 789. The van der Waals surface area contributed by atoms with Crippen molar-refractivity contribution in [3.8, 4) is 5.75 Å². The number of fused-ring (bicyclic) bond motifs is 5. The van der Waals surface area contributed by atoms with Crippen LogP contribution >= 0.6 is 11.6 Å². The zero-order valence-corrected chi connectivity index (χ0v) is 14.4. The van der Waals surface area contributed by atoms with Crippen LogP contribution in [0.5, 0.6) is 5.75 Å². The van der Waals surface area contributed by atoms with Gasteiger partial charge in [0.05, 0.1) is 18.2 Å². The van der Waals surface area contributed by atoms with Gasteiger partial charge in [0.25, 0.3) is 0 Å². The van der Waals surface area contributed by atoms with Crippen LogP contribution in [0.25, 0.3) is 0 Å². The summed E-state index contributed by atoms with van der Waals surface area (Å²) in [5, 5.41) is 0.594. The van der Waals surface area contributed by atoms with Gasteiger partial charge in [-0.1, -0.05) is 41.9 Å². The summed E-state index contributed by atoms with van der Waals surface area (Å²) in [6, 6.07) is 14.5. The van der Waals surface area contributed by atoms with E-state index in [-0.39, 0.29) is 11.9 Å². The van der Waals surface area contributed by atoms with Gasteiger partial charge in [-0.25, -0.2) is 0 Å². The van der Waals surface area contributed by atoms with Crippen LogP contribution in [0.15, 0.2) is 42.5 Å². The third-order valence-electron chi connectivity index (χ3n) is 5.26. The molecule has 2 aromatic carbocycles. The van der Waals surface area contributed by atoms with E-state index in [0.717, 1.165) is 18.5 Å². The summed E-state index contributed by atoms with van der Waals surface area (Å²) >= 11 is 6.16. The molecule has 0 radical (unpaired) electrons. The van der Waals surface area contributed by atoms with Crippen molar-refractivity contribution >= 4 is 17.5 Å². The van der Waals surface area contributed by atoms with E-state index in [1.54, 1.807) is 7.11 Å². The molecule has 2 aliphatic rings. The maximum absolute atomic E-state index is 12.7. The highest BCUT2D eigenvalue weighted by Gasteiger charge is 2.43. The lowest BCUT2D eigenvalue weighted by atomic mass is 9.99. The number of methoxy groups -OCH3 is 1. The minimum atomic E-state index is 0.240. The Morgan fingerprint density at radius 2 is 2.04 bits per heavy atom. The normalized spacial score (nSPS) is 21.0. The topological polar surface area (TPSA) is 29.5 Å². The fourth-order valence-corrected chi connectivity index (χ4v) is 4.36. The molecule has 124 valence electrons. The molecule has 0 saturated carbocycles. The van der Waals surface area contributed by atoms with Gasteiger partial charge in [-0.15, -0.1) is 0 Å². The zero-order chi connectivity index (χ0) is 16.7. The van der Waals surface area contributed by atoms with Crippen molar-refractivity contribution in [3.05, 3.63) is 64.2 Å². The lowest BCUT2D eigenvalue weighted by molar-refractivity contribution is -0.132. The standard InChI is InChI=1S/C20H20ClNO2/c1-24-19-8-6-13(10-17(19)21)7-9-20(23)22-12-14-11-18(22)16-5-3-2-4-15(14)16/h2-6,8,10,14,18H,7,9,11-12H2,1H3. The van der Waals surface area contributed by atoms with E-state index in [0.29, 0.717) is 29.5 Å². The van der Waals surface area contributed by atoms with Crippen LogP contribution in [0.2, 0.25) is 5.02 Å². The van der Waals surface area contributed by atoms with Crippen LogP contribution in [0.4, 0.5) is 0 Å². The molecule has 0 N–H and O–H groups in total. The lowest BCUT2D eigenvalue weighted by Gasteiger charge is -2.29. The Morgan fingerprint density at radius 3 is 2.79 bits per heavy atom. The fraction of sp³-hybridized carbons (Fsp3) is 0.350. The first-order valence-electron chi connectivity index (χ1n) is 8.38. The second-order valence-electron chi connectivity index (χ2n) is 6.59. The van der Waals surface area contributed by atoms with Crippen LogP contribution in [0.1, 0.15) is 41.5 Å². The third-order valence-corrected chi connectivity index (χ3v) is 5.56. The zero-order valence-electron chi connectivity index (χ0n) is 13.7. The summed E-state index contributed by atoms with van der Waals surface area (Å²) in [5.74, 6) is 1.43. The van der Waals surface area contributed by atoms with Gasteiger partial charge in [0.15, 0.2) is 0 Å². The Kier molecular flexibility index (Phi) is 3.97. The Labute approximate surface area is 147 Å². The molecule has 4 heteroatoms. The minimum absolute atomic E-state index is 0.240.